The monoisotopic (exact) mass is 1470 g/mol. The number of nitrogens with one attached hydrogen (secondary N) is 1. The summed E-state index contributed by atoms with van der Waals surface area (Å²) in [6, 6.07) is -1.03. The van der Waals surface area contributed by atoms with Crippen molar-refractivity contribution in [2.75, 3.05) is 26.4 Å². The van der Waals surface area contributed by atoms with E-state index < -0.39 is 131 Å². The van der Waals surface area contributed by atoms with Gasteiger partial charge in [-0.2, -0.15) is 0 Å². The molecule has 3 aliphatic heterocycles. The highest BCUT2D eigenvalue weighted by Gasteiger charge is 2.53. The molecule has 0 aromatic rings. The third kappa shape index (κ3) is 43.8. The van der Waals surface area contributed by atoms with E-state index in [1.807, 2.05) is 6.08 Å². The first-order valence-corrected chi connectivity index (χ1v) is 39.9. The molecule has 17 unspecified atom stereocenters. The lowest BCUT2D eigenvalue weighted by atomic mass is 9.96. The molecule has 19 heteroatoms. The maximum Gasteiger partial charge on any atom is 0.220 e. The van der Waals surface area contributed by atoms with Gasteiger partial charge < -0.3 is 89.9 Å². The molecule has 0 aliphatic carbocycles. The molecular weight excluding hydrogens is 1330 g/mol. The van der Waals surface area contributed by atoms with Gasteiger partial charge in [0, 0.05) is 6.42 Å². The number of hydrogen-bond donors (Lipinski definition) is 12. The van der Waals surface area contributed by atoms with Crippen molar-refractivity contribution in [1.29, 1.82) is 0 Å². The molecular formula is C86H139NO18. The first-order chi connectivity index (χ1) is 51.3. The summed E-state index contributed by atoms with van der Waals surface area (Å²) in [5.41, 5.74) is 0. The average Bonchev–Trinajstić information content (AvgIpc) is 0.780. The second kappa shape index (κ2) is 64.0. The molecule has 3 heterocycles. The number of ether oxygens (including phenoxy) is 6. The second-order valence-electron chi connectivity index (χ2n) is 27.4. The zero-order valence-corrected chi connectivity index (χ0v) is 63.6. The van der Waals surface area contributed by atoms with Crippen LogP contribution in [0.15, 0.2) is 170 Å². The second-order valence-corrected chi connectivity index (χ2v) is 27.4. The highest BCUT2D eigenvalue weighted by molar-refractivity contribution is 5.76. The maximum absolute atomic E-state index is 13.4. The lowest BCUT2D eigenvalue weighted by molar-refractivity contribution is -0.379. The van der Waals surface area contributed by atoms with Crippen molar-refractivity contribution in [2.24, 2.45) is 0 Å². The summed E-state index contributed by atoms with van der Waals surface area (Å²) in [5, 5.41) is 121. The van der Waals surface area contributed by atoms with Crippen LogP contribution in [0.5, 0.6) is 0 Å². The van der Waals surface area contributed by atoms with Crippen molar-refractivity contribution in [1.82, 2.24) is 5.32 Å². The first-order valence-electron chi connectivity index (χ1n) is 39.9. The van der Waals surface area contributed by atoms with Gasteiger partial charge in [-0.3, -0.25) is 4.79 Å². The number of aliphatic hydroxyl groups excluding tert-OH is 11. The van der Waals surface area contributed by atoms with E-state index in [2.05, 4.69) is 177 Å². The molecule has 0 radical (unpaired) electrons. The SMILES string of the molecule is CC/C=C\C/C=C\C/C=C\C/C=C\C/C=C\C/C=C\C/C=C\C/C=C\C/C=C\C/C=C\C/C=C\C/C=C\CCCCC(=O)NC(COC1OC(CO)C(OC2OC(CO)C(OC3OC(CO)C(O)C(O)C3O)C(O)C2O)C(O)C1O)C(O)/C=C/CC/C=C/CCCCCCCCCCCCCCCCC. The van der Waals surface area contributed by atoms with Gasteiger partial charge in [0.1, 0.15) is 73.2 Å². The molecule has 17 atom stereocenters. The van der Waals surface area contributed by atoms with E-state index in [1.165, 1.54) is 89.9 Å². The summed E-state index contributed by atoms with van der Waals surface area (Å²) in [5.74, 6) is -0.334. The van der Waals surface area contributed by atoms with Crippen molar-refractivity contribution in [3.63, 3.8) is 0 Å². The number of amides is 1. The van der Waals surface area contributed by atoms with E-state index in [-0.39, 0.29) is 12.3 Å². The Balaban J connectivity index is 1.40. The van der Waals surface area contributed by atoms with Crippen LogP contribution in [0, 0.1) is 0 Å². The molecule has 12 N–H and O–H groups in total. The fourth-order valence-corrected chi connectivity index (χ4v) is 12.1. The van der Waals surface area contributed by atoms with E-state index in [0.29, 0.717) is 12.8 Å². The molecule has 19 nitrogen and oxygen atoms in total. The van der Waals surface area contributed by atoms with Crippen LogP contribution in [-0.4, -0.2) is 193 Å². The van der Waals surface area contributed by atoms with Crippen LogP contribution in [0.25, 0.3) is 0 Å². The zero-order valence-electron chi connectivity index (χ0n) is 63.6. The molecule has 0 spiro atoms. The van der Waals surface area contributed by atoms with Crippen molar-refractivity contribution in [3.8, 4) is 0 Å². The highest BCUT2D eigenvalue weighted by atomic mass is 16.8. The molecule has 3 aliphatic rings. The Morgan fingerprint density at radius 3 is 1.07 bits per heavy atom. The Bertz CT molecular complexity index is 2570. The largest absolute Gasteiger partial charge is 0.394 e. The Hall–Kier alpha value is -4.85. The normalized spacial score (nSPS) is 26.7. The molecule has 0 aromatic heterocycles. The van der Waals surface area contributed by atoms with Gasteiger partial charge in [-0.1, -0.05) is 274 Å². The smallest absolute Gasteiger partial charge is 0.220 e. The van der Waals surface area contributed by atoms with Gasteiger partial charge in [0.05, 0.1) is 38.6 Å². The molecule has 3 rings (SSSR count). The van der Waals surface area contributed by atoms with Crippen LogP contribution < -0.4 is 5.32 Å². The minimum atomic E-state index is -1.99. The lowest BCUT2D eigenvalue weighted by Gasteiger charge is -2.48. The summed E-state index contributed by atoms with van der Waals surface area (Å²) in [7, 11) is 0. The third-order valence-electron chi connectivity index (χ3n) is 18.5. The topological polar surface area (TPSA) is 307 Å². The molecule has 3 saturated heterocycles. The van der Waals surface area contributed by atoms with Crippen molar-refractivity contribution in [2.45, 2.75) is 336 Å². The summed E-state index contributed by atoms with van der Waals surface area (Å²) < 4.78 is 34.4. The van der Waals surface area contributed by atoms with Gasteiger partial charge in [0.2, 0.25) is 5.91 Å². The molecule has 0 bridgehead atoms. The summed E-state index contributed by atoms with van der Waals surface area (Å²) in [6.07, 6.45) is 69.1. The number of rotatable bonds is 60. The first kappa shape index (κ1) is 94.4. The van der Waals surface area contributed by atoms with Gasteiger partial charge in [0.25, 0.3) is 0 Å². The standard InChI is InChI=1S/C86H139NO18/c1-3-5-7-9-11-13-15-17-19-21-23-25-26-27-28-29-30-31-32-33-34-35-36-37-38-39-40-41-42-44-46-48-50-52-54-56-58-60-62-64-74(92)87-69(70(91)63-61-59-57-55-53-51-49-47-45-43-24-22-20-18-16-14-12-10-8-6-4-2)68-100-84-80(98)77(95)82(72(66-89)102-84)105-86-81(99)78(96)83(73(67-90)103-86)104-85-79(97)76(94)75(93)71(65-88)101-85/h5,7,11,13,17,19,23,25,27-28,30-31,33-34,36-37,39-40,42,44,48,50,53-56,61,63,69-73,75-86,88-91,93-99H,3-4,6,8-10,12,14-16,18,20-22,24,26,29,32,35,38,41,43,45-47,49,51-52,57-60,62,64-68H2,1-2H3,(H,87,92)/b7-5-,13-11-,19-17-,25-23-,28-27-,31-30-,34-33-,37-36-,40-39-,44-42-,50-48-,55-53+,56-54-,63-61+. The van der Waals surface area contributed by atoms with Crippen LogP contribution in [0.4, 0.5) is 0 Å². The van der Waals surface area contributed by atoms with Gasteiger partial charge in [-0.15, -0.1) is 0 Å². The lowest BCUT2D eigenvalue weighted by Crippen LogP contribution is -2.66. The van der Waals surface area contributed by atoms with Crippen molar-refractivity contribution in [3.05, 3.63) is 170 Å². The van der Waals surface area contributed by atoms with E-state index in [4.69, 9.17) is 28.4 Å². The summed E-state index contributed by atoms with van der Waals surface area (Å²) >= 11 is 0. The number of allylic oxidation sites excluding steroid dienone is 27. The summed E-state index contributed by atoms with van der Waals surface area (Å²) in [4.78, 5) is 13.4. The summed E-state index contributed by atoms with van der Waals surface area (Å²) in [6.45, 7) is 1.56. The number of carbonyl (C=O) groups excluding carboxylic acids is 1. The predicted molar refractivity (Wildman–Crippen MR) is 419 cm³/mol. The quantitative estimate of drug-likeness (QED) is 0.0199. The fourth-order valence-electron chi connectivity index (χ4n) is 12.1. The Labute approximate surface area is 630 Å². The van der Waals surface area contributed by atoms with Crippen LogP contribution in [0.1, 0.15) is 232 Å². The number of aliphatic hydroxyl groups is 11. The van der Waals surface area contributed by atoms with Crippen LogP contribution in [-0.2, 0) is 33.2 Å². The Kier molecular flexibility index (Phi) is 57.5. The molecule has 3 fully saturated rings. The molecule has 596 valence electrons. The molecule has 0 aromatic carbocycles. The molecule has 1 amide bonds. The molecule has 105 heavy (non-hydrogen) atoms. The Morgan fingerprint density at radius 2 is 0.667 bits per heavy atom. The van der Waals surface area contributed by atoms with Crippen molar-refractivity contribution >= 4 is 5.91 Å². The van der Waals surface area contributed by atoms with E-state index in [1.54, 1.807) is 6.08 Å². The predicted octanol–water partition coefficient (Wildman–Crippen LogP) is 13.4. The van der Waals surface area contributed by atoms with Crippen LogP contribution in [0.2, 0.25) is 0 Å². The number of unbranched alkanes of at least 4 members (excludes halogenated alkanes) is 18. The van der Waals surface area contributed by atoms with Crippen LogP contribution in [0.3, 0.4) is 0 Å². The number of hydrogen-bond acceptors (Lipinski definition) is 18. The van der Waals surface area contributed by atoms with E-state index in [9.17, 15) is 61.0 Å². The third-order valence-corrected chi connectivity index (χ3v) is 18.5. The maximum atomic E-state index is 13.4. The van der Waals surface area contributed by atoms with Crippen molar-refractivity contribution < 1.29 is 89.4 Å². The van der Waals surface area contributed by atoms with E-state index in [0.717, 1.165) is 109 Å². The van der Waals surface area contributed by atoms with Gasteiger partial charge >= 0.3 is 0 Å². The Morgan fingerprint density at radius 1 is 0.352 bits per heavy atom. The minimum Gasteiger partial charge on any atom is -0.394 e. The fraction of sp³-hybridized carbons (Fsp3) is 0.663. The van der Waals surface area contributed by atoms with Gasteiger partial charge in [0.15, 0.2) is 18.9 Å². The van der Waals surface area contributed by atoms with Gasteiger partial charge in [-0.05, 0) is 122 Å². The van der Waals surface area contributed by atoms with E-state index >= 15 is 0 Å². The number of carbonyl (C=O) groups is 1. The van der Waals surface area contributed by atoms with Gasteiger partial charge in [-0.25, -0.2) is 0 Å². The van der Waals surface area contributed by atoms with Crippen LogP contribution >= 0.6 is 0 Å². The zero-order chi connectivity index (χ0) is 76.0. The molecule has 0 saturated carbocycles. The highest BCUT2D eigenvalue weighted by Crippen LogP contribution is 2.33. The minimum absolute atomic E-state index is 0.169. The average molecular weight is 1480 g/mol.